The molecule has 0 spiro atoms. The topological polar surface area (TPSA) is 52.6 Å². The van der Waals surface area contributed by atoms with Crippen LogP contribution in [0.5, 0.6) is 0 Å². The van der Waals surface area contributed by atoms with Gasteiger partial charge in [-0.1, -0.05) is 117 Å². The summed E-state index contributed by atoms with van der Waals surface area (Å²) in [6.45, 7) is 14.0. The van der Waals surface area contributed by atoms with E-state index in [0.717, 1.165) is 44.9 Å². The van der Waals surface area contributed by atoms with Crippen molar-refractivity contribution in [3.05, 3.63) is 23.3 Å². The molecule has 0 aromatic carbocycles. The molecule has 0 radical (unpaired) electrons. The lowest BCUT2D eigenvalue weighted by Crippen LogP contribution is -2.51. The van der Waals surface area contributed by atoms with Crippen molar-refractivity contribution < 1.29 is 19.1 Å². The van der Waals surface area contributed by atoms with Gasteiger partial charge in [0, 0.05) is 18.8 Å². The molecule has 3 unspecified atom stereocenters. The van der Waals surface area contributed by atoms with Crippen LogP contribution in [-0.4, -0.2) is 24.6 Å². The molecule has 3 aliphatic carbocycles. The molecule has 1 fully saturated rings. The summed E-state index contributed by atoms with van der Waals surface area (Å²) in [5.41, 5.74) is 3.62. The van der Waals surface area contributed by atoms with Gasteiger partial charge >= 0.3 is 11.9 Å². The second-order valence-electron chi connectivity index (χ2n) is 15.6. The van der Waals surface area contributed by atoms with Crippen molar-refractivity contribution in [1.29, 1.82) is 0 Å². The first-order chi connectivity index (χ1) is 21.1. The van der Waals surface area contributed by atoms with Crippen LogP contribution < -0.4 is 0 Å². The zero-order valence-electron chi connectivity index (χ0n) is 29.7. The van der Waals surface area contributed by atoms with E-state index in [1.165, 1.54) is 90.4 Å². The minimum atomic E-state index is -0.141. The van der Waals surface area contributed by atoms with Gasteiger partial charge in [0.25, 0.3) is 0 Å². The molecule has 0 N–H and O–H groups in total. The molecule has 3 rings (SSSR count). The summed E-state index contributed by atoms with van der Waals surface area (Å²) in [5, 5.41) is 0. The van der Waals surface area contributed by atoms with Gasteiger partial charge in [-0.05, 0) is 93.0 Å². The Balaban J connectivity index is 1.28. The van der Waals surface area contributed by atoms with Gasteiger partial charge in [0.2, 0.25) is 0 Å². The molecule has 0 heterocycles. The average molecular weight is 613 g/mol. The van der Waals surface area contributed by atoms with E-state index in [4.69, 9.17) is 9.47 Å². The lowest BCUT2D eigenvalue weighted by Gasteiger charge is -2.58. The third-order valence-electron chi connectivity index (χ3n) is 11.6. The first-order valence-corrected chi connectivity index (χ1v) is 18.8. The number of ether oxygens (including phenoxy) is 2. The molecule has 44 heavy (non-hydrogen) atoms. The van der Waals surface area contributed by atoms with Crippen molar-refractivity contribution in [3.63, 3.8) is 0 Å². The van der Waals surface area contributed by atoms with E-state index >= 15 is 0 Å². The Kier molecular flexibility index (Phi) is 15.5. The fraction of sp³-hybridized carbons (Fsp3) is 0.850. The number of carbonyl (C=O) groups excluding carboxylic acids is 2. The van der Waals surface area contributed by atoms with E-state index in [1.54, 1.807) is 11.1 Å². The van der Waals surface area contributed by atoms with E-state index in [-0.39, 0.29) is 23.5 Å². The van der Waals surface area contributed by atoms with Crippen LogP contribution in [0.15, 0.2) is 23.3 Å². The third kappa shape index (κ3) is 11.0. The highest BCUT2D eigenvalue weighted by Crippen LogP contribution is 2.62. The molecule has 0 saturated heterocycles. The van der Waals surface area contributed by atoms with Crippen molar-refractivity contribution in [2.24, 2.45) is 28.6 Å². The number of hydrogen-bond acceptors (Lipinski definition) is 4. The summed E-state index contributed by atoms with van der Waals surface area (Å²) < 4.78 is 11.6. The second-order valence-corrected chi connectivity index (χ2v) is 15.6. The average Bonchev–Trinajstić information content (AvgIpc) is 2.98. The maximum Gasteiger partial charge on any atom is 0.305 e. The number of rotatable bonds is 20. The van der Waals surface area contributed by atoms with Gasteiger partial charge < -0.3 is 9.47 Å². The molecule has 0 aromatic rings. The van der Waals surface area contributed by atoms with Crippen LogP contribution in [-0.2, 0) is 19.1 Å². The highest BCUT2D eigenvalue weighted by molar-refractivity contribution is 5.69. The number of allylic oxidation sites excluding steroid dienone is 4. The molecule has 0 aromatic heterocycles. The third-order valence-corrected chi connectivity index (χ3v) is 11.6. The first kappa shape index (κ1) is 36.9. The van der Waals surface area contributed by atoms with Crippen LogP contribution in [0.4, 0.5) is 0 Å². The lowest BCUT2D eigenvalue weighted by molar-refractivity contribution is -0.154. The van der Waals surface area contributed by atoms with Gasteiger partial charge in [-0.25, -0.2) is 0 Å². The Morgan fingerprint density at radius 2 is 1.55 bits per heavy atom. The molecule has 4 heteroatoms. The number of esters is 2. The van der Waals surface area contributed by atoms with Gasteiger partial charge in [-0.2, -0.15) is 0 Å². The maximum absolute atomic E-state index is 12.7. The fourth-order valence-corrected chi connectivity index (χ4v) is 8.96. The molecule has 252 valence electrons. The molecule has 3 aliphatic rings. The lowest BCUT2D eigenvalue weighted by atomic mass is 9.47. The molecular formula is C40H68O4. The highest BCUT2D eigenvalue weighted by atomic mass is 16.5. The van der Waals surface area contributed by atoms with Crippen molar-refractivity contribution in [1.82, 2.24) is 0 Å². The Labute approximate surface area is 271 Å². The Morgan fingerprint density at radius 1 is 0.909 bits per heavy atom. The Hall–Kier alpha value is -1.58. The Morgan fingerprint density at radius 3 is 2.18 bits per heavy atom. The molecular weight excluding hydrogens is 544 g/mol. The molecule has 4 nitrogen and oxygen atoms in total. The predicted octanol–water partition coefficient (Wildman–Crippen LogP) is 11.5. The van der Waals surface area contributed by atoms with Gasteiger partial charge in [-0.3, -0.25) is 9.59 Å². The van der Waals surface area contributed by atoms with Crippen LogP contribution in [0.2, 0.25) is 0 Å². The summed E-state index contributed by atoms with van der Waals surface area (Å²) >= 11 is 0. The van der Waals surface area contributed by atoms with Crippen molar-refractivity contribution >= 4 is 11.9 Å². The largest absolute Gasteiger partial charge is 0.465 e. The predicted molar refractivity (Wildman–Crippen MR) is 183 cm³/mol. The van der Waals surface area contributed by atoms with Gasteiger partial charge in [-0.15, -0.1) is 0 Å². The quantitative estimate of drug-likeness (QED) is 0.101. The standard InChI is InChI=1S/C40H68O4/c1-7-8-9-16-20-35(44-32(4)41)21-17-14-12-10-11-13-15-18-22-38(42)43-30-39(5)27-19-28-40(6)36-25-23-33(31(2)3)29-34(36)24-26-37(39)40/h24,29,31,35-37H,7-23,25-28,30H2,1-6H3/t35?,36?,37?,39-,40+/m0/s1. The summed E-state index contributed by atoms with van der Waals surface area (Å²) in [7, 11) is 0. The summed E-state index contributed by atoms with van der Waals surface area (Å²) in [6, 6.07) is 0. The zero-order valence-corrected chi connectivity index (χ0v) is 29.7. The van der Waals surface area contributed by atoms with E-state index in [1.807, 2.05) is 0 Å². The van der Waals surface area contributed by atoms with Crippen LogP contribution in [0.25, 0.3) is 0 Å². The zero-order chi connectivity index (χ0) is 32.0. The molecule has 1 saturated carbocycles. The number of unbranched alkanes of at least 4 members (excludes halogenated alkanes) is 10. The first-order valence-electron chi connectivity index (χ1n) is 18.8. The summed E-state index contributed by atoms with van der Waals surface area (Å²) in [4.78, 5) is 24.2. The number of hydrogen-bond donors (Lipinski definition) is 0. The SMILES string of the molecule is CCCCCCC(CCCCCCCCCCC(=O)OC[C@]1(C)CCC[C@]2(C)C3CCC(C(C)C)=CC3=CCC12)OC(C)=O. The highest BCUT2D eigenvalue weighted by Gasteiger charge is 2.54. The summed E-state index contributed by atoms with van der Waals surface area (Å²) in [6.07, 6.45) is 29.4. The van der Waals surface area contributed by atoms with Crippen molar-refractivity contribution in [3.8, 4) is 0 Å². The number of fused-ring (bicyclic) bond motifs is 3. The second kappa shape index (κ2) is 18.5. The van der Waals surface area contributed by atoms with Crippen LogP contribution in [0, 0.1) is 28.6 Å². The van der Waals surface area contributed by atoms with E-state index < -0.39 is 0 Å². The van der Waals surface area contributed by atoms with Gasteiger partial charge in [0.15, 0.2) is 0 Å². The smallest absolute Gasteiger partial charge is 0.305 e. The monoisotopic (exact) mass is 613 g/mol. The van der Waals surface area contributed by atoms with Crippen LogP contribution in [0.3, 0.4) is 0 Å². The molecule has 0 aliphatic heterocycles. The maximum atomic E-state index is 12.7. The van der Waals surface area contributed by atoms with Crippen molar-refractivity contribution in [2.75, 3.05) is 6.61 Å². The minimum absolute atomic E-state index is 0.00439. The van der Waals surface area contributed by atoms with E-state index in [0.29, 0.717) is 36.2 Å². The molecule has 0 bridgehead atoms. The van der Waals surface area contributed by atoms with Crippen LogP contribution in [0.1, 0.15) is 176 Å². The Bertz CT molecular complexity index is 947. The molecule has 0 amide bonds. The normalized spacial score (nSPS) is 27.2. The number of carbonyl (C=O) groups is 2. The fourth-order valence-electron chi connectivity index (χ4n) is 8.96. The van der Waals surface area contributed by atoms with Crippen molar-refractivity contribution in [2.45, 2.75) is 182 Å². The van der Waals surface area contributed by atoms with E-state index in [9.17, 15) is 9.59 Å². The summed E-state index contributed by atoms with van der Waals surface area (Å²) in [5.74, 6) is 1.77. The minimum Gasteiger partial charge on any atom is -0.465 e. The van der Waals surface area contributed by atoms with Gasteiger partial charge in [0.05, 0.1) is 6.61 Å². The molecule has 5 atom stereocenters. The van der Waals surface area contributed by atoms with E-state index in [2.05, 4.69) is 46.8 Å². The van der Waals surface area contributed by atoms with Crippen LogP contribution >= 0.6 is 0 Å². The van der Waals surface area contributed by atoms with Gasteiger partial charge in [0.1, 0.15) is 6.10 Å².